The summed E-state index contributed by atoms with van der Waals surface area (Å²) in [4.78, 5) is 31.6. The highest BCUT2D eigenvalue weighted by Crippen LogP contribution is 2.12. The van der Waals surface area contributed by atoms with Crippen LogP contribution in [0.25, 0.3) is 0 Å². The van der Waals surface area contributed by atoms with Crippen LogP contribution in [-0.2, 0) is 23.9 Å². The molecular formula is C19H48O6. The molecular weight excluding hydrogens is 324 g/mol. The van der Waals surface area contributed by atoms with Gasteiger partial charge in [-0.15, -0.1) is 0 Å². The molecule has 0 aromatic rings. The number of ether oxygens (including phenoxy) is 2. The smallest absolute Gasteiger partial charge is 0.304 e. The second kappa shape index (κ2) is 25.0. The van der Waals surface area contributed by atoms with E-state index >= 15 is 0 Å². The summed E-state index contributed by atoms with van der Waals surface area (Å²) in [6.07, 6.45) is 0.104. The van der Waals surface area contributed by atoms with E-state index in [0.717, 1.165) is 0 Å². The van der Waals surface area contributed by atoms with E-state index in [2.05, 4.69) is 0 Å². The minimum Gasteiger partial charge on any atom is -0.481 e. The predicted molar refractivity (Wildman–Crippen MR) is 110 cm³/mol. The van der Waals surface area contributed by atoms with Crippen molar-refractivity contribution in [2.24, 2.45) is 5.92 Å². The summed E-state index contributed by atoms with van der Waals surface area (Å²) in [5.74, 6) is -1.47. The van der Waals surface area contributed by atoms with Crippen LogP contribution in [0.1, 0.15) is 79.1 Å². The van der Waals surface area contributed by atoms with Gasteiger partial charge in [-0.25, -0.2) is 0 Å². The Labute approximate surface area is 158 Å². The van der Waals surface area contributed by atoms with Crippen LogP contribution < -0.4 is 0 Å². The highest BCUT2D eigenvalue weighted by atomic mass is 16.5. The van der Waals surface area contributed by atoms with E-state index in [1.165, 1.54) is 14.0 Å². The van der Waals surface area contributed by atoms with Gasteiger partial charge in [0.2, 0.25) is 0 Å². The average Bonchev–Trinajstić information content (AvgIpc) is 2.34. The fourth-order valence-electron chi connectivity index (χ4n) is 1.48. The van der Waals surface area contributed by atoms with Gasteiger partial charge in [0.1, 0.15) is 11.6 Å². The SMILES string of the molecule is C.C.C.C.C.COC(C)C(CC(=O)O)C(C)=O.COC(C)CC(C)=O.[2HH]. The van der Waals surface area contributed by atoms with Crippen LogP contribution in [0.4, 0.5) is 0 Å². The first-order chi connectivity index (χ1) is 9.15. The molecule has 0 spiro atoms. The summed E-state index contributed by atoms with van der Waals surface area (Å²) >= 11 is 0. The van der Waals surface area contributed by atoms with Crippen molar-refractivity contribution in [2.45, 2.75) is 89.9 Å². The zero-order valence-corrected chi connectivity index (χ0v) is 13.1. The molecule has 3 unspecified atom stereocenters. The molecule has 0 aromatic heterocycles. The van der Waals surface area contributed by atoms with Crippen molar-refractivity contribution in [1.82, 2.24) is 0 Å². The predicted octanol–water partition coefficient (Wildman–Crippen LogP) is 5.13. The molecule has 0 fully saturated rings. The molecule has 6 heteroatoms. The van der Waals surface area contributed by atoms with Crippen LogP contribution in [0.2, 0.25) is 0 Å². The number of carbonyl (C=O) groups is 3. The van der Waals surface area contributed by atoms with Crippen LogP contribution in [-0.4, -0.2) is 49.1 Å². The zero-order chi connectivity index (χ0) is 16.3. The van der Waals surface area contributed by atoms with E-state index in [-0.39, 0.29) is 68.8 Å². The molecule has 0 aliphatic carbocycles. The van der Waals surface area contributed by atoms with E-state index < -0.39 is 11.9 Å². The number of aliphatic carboxylic acids is 1. The number of Topliss-reactive ketones (excluding diaryl/α,β-unsaturated/α-hetero) is 2. The van der Waals surface area contributed by atoms with E-state index in [0.29, 0.717) is 6.42 Å². The Bertz CT molecular complexity index is 321. The third kappa shape index (κ3) is 27.8. The maximum atomic E-state index is 10.9. The summed E-state index contributed by atoms with van der Waals surface area (Å²) in [7, 11) is 3.07. The van der Waals surface area contributed by atoms with E-state index in [1.807, 2.05) is 6.92 Å². The van der Waals surface area contributed by atoms with Crippen molar-refractivity contribution in [3.05, 3.63) is 0 Å². The fraction of sp³-hybridized carbons (Fsp3) is 0.842. The van der Waals surface area contributed by atoms with E-state index in [4.69, 9.17) is 14.6 Å². The molecule has 0 bridgehead atoms. The number of carboxylic acids is 1. The van der Waals surface area contributed by atoms with E-state index in [9.17, 15) is 14.4 Å². The molecule has 0 amide bonds. The second-order valence-electron chi connectivity index (χ2n) is 4.71. The molecule has 0 saturated carbocycles. The number of ketones is 2. The molecule has 3 atom stereocenters. The van der Waals surface area contributed by atoms with Gasteiger partial charge < -0.3 is 14.6 Å². The largest absolute Gasteiger partial charge is 0.481 e. The Hall–Kier alpha value is -1.27. The first-order valence-electron chi connectivity index (χ1n) is 6.42. The summed E-state index contributed by atoms with van der Waals surface area (Å²) in [5, 5.41) is 8.47. The lowest BCUT2D eigenvalue weighted by Gasteiger charge is -2.17. The monoisotopic (exact) mass is 373 g/mol. The van der Waals surface area contributed by atoms with Crippen LogP contribution in [0.3, 0.4) is 0 Å². The van der Waals surface area contributed by atoms with Gasteiger partial charge in [0.15, 0.2) is 0 Å². The summed E-state index contributed by atoms with van der Waals surface area (Å²) in [6.45, 7) is 6.51. The third-order valence-corrected chi connectivity index (χ3v) is 2.83. The van der Waals surface area contributed by atoms with E-state index in [1.54, 1.807) is 21.0 Å². The van der Waals surface area contributed by atoms with Crippen molar-refractivity contribution in [1.29, 1.82) is 0 Å². The number of hydrogen-bond donors (Lipinski definition) is 1. The number of rotatable bonds is 8. The van der Waals surface area contributed by atoms with Crippen molar-refractivity contribution < 1.29 is 30.4 Å². The summed E-state index contributed by atoms with van der Waals surface area (Å²) in [5.41, 5.74) is 0. The Morgan fingerprint density at radius 2 is 1.28 bits per heavy atom. The Balaban J connectivity index is -0.0000000352. The lowest BCUT2D eigenvalue weighted by Crippen LogP contribution is -2.28. The van der Waals surface area contributed by atoms with Crippen LogP contribution in [0, 0.1) is 5.92 Å². The van der Waals surface area contributed by atoms with Gasteiger partial charge in [-0.3, -0.25) is 14.4 Å². The van der Waals surface area contributed by atoms with Gasteiger partial charge in [0.05, 0.1) is 24.5 Å². The number of hydrogen-bond acceptors (Lipinski definition) is 5. The maximum Gasteiger partial charge on any atom is 0.304 e. The lowest BCUT2D eigenvalue weighted by molar-refractivity contribution is -0.142. The van der Waals surface area contributed by atoms with Crippen LogP contribution in [0.15, 0.2) is 0 Å². The van der Waals surface area contributed by atoms with Gasteiger partial charge in [0.25, 0.3) is 0 Å². The third-order valence-electron chi connectivity index (χ3n) is 2.83. The van der Waals surface area contributed by atoms with Gasteiger partial charge in [-0.05, 0) is 27.7 Å². The molecule has 1 N–H and O–H groups in total. The molecule has 0 aliphatic heterocycles. The highest BCUT2D eigenvalue weighted by molar-refractivity contribution is 5.83. The average molecular weight is 374 g/mol. The van der Waals surface area contributed by atoms with Crippen molar-refractivity contribution >= 4 is 17.5 Å². The molecule has 160 valence electrons. The minimum absolute atomic E-state index is 0. The molecule has 0 saturated heterocycles. The molecule has 0 rings (SSSR count). The first kappa shape index (κ1) is 43.8. The Morgan fingerprint density at radius 1 is 0.880 bits per heavy atom. The summed E-state index contributed by atoms with van der Waals surface area (Å²) < 4.78 is 9.73. The normalized spacial score (nSPS) is 11.6. The molecule has 0 aromatic carbocycles. The van der Waals surface area contributed by atoms with Crippen molar-refractivity contribution in [2.75, 3.05) is 14.2 Å². The maximum absolute atomic E-state index is 10.9. The van der Waals surface area contributed by atoms with Gasteiger partial charge >= 0.3 is 5.97 Å². The molecule has 0 radical (unpaired) electrons. The standard InChI is InChI=1S/C8H14O4.C6H12O2.5CH4.H2/c1-5(9)7(4-8(10)11)6(2)12-3;1-5(7)4-6(2)8-3;;;;;;/h6-7H,4H2,1-3H3,(H,10,11);6H,4H2,1-3H3;5*1H4;1H/i;;;;;;;1+1. The van der Waals surface area contributed by atoms with Crippen molar-refractivity contribution in [3.63, 3.8) is 0 Å². The molecule has 6 nitrogen and oxygen atoms in total. The molecule has 0 aliphatic rings. The second-order valence-corrected chi connectivity index (χ2v) is 4.71. The zero-order valence-electron chi connectivity index (χ0n) is 13.1. The topological polar surface area (TPSA) is 89.9 Å². The first-order valence-corrected chi connectivity index (χ1v) is 6.42. The van der Waals surface area contributed by atoms with Crippen LogP contribution >= 0.6 is 0 Å². The van der Waals surface area contributed by atoms with Crippen molar-refractivity contribution in [3.8, 4) is 0 Å². The highest BCUT2D eigenvalue weighted by Gasteiger charge is 2.24. The Morgan fingerprint density at radius 3 is 1.44 bits per heavy atom. The number of carboxylic acid groups (broad SMARTS) is 1. The van der Waals surface area contributed by atoms with Gasteiger partial charge in [-0.2, -0.15) is 0 Å². The van der Waals surface area contributed by atoms with Gasteiger partial charge in [0, 0.05) is 22.1 Å². The molecule has 0 heterocycles. The number of methoxy groups -OCH3 is 2. The minimum atomic E-state index is -0.973. The lowest BCUT2D eigenvalue weighted by atomic mass is 9.96. The molecule has 25 heavy (non-hydrogen) atoms. The quantitative estimate of drug-likeness (QED) is 0.634. The summed E-state index contributed by atoms with van der Waals surface area (Å²) in [6, 6.07) is 0. The van der Waals surface area contributed by atoms with Gasteiger partial charge in [-0.1, -0.05) is 37.1 Å². The van der Waals surface area contributed by atoms with Crippen LogP contribution in [0.5, 0.6) is 0 Å². The fourth-order valence-corrected chi connectivity index (χ4v) is 1.48. The number of carbonyl (C=O) groups excluding carboxylic acids is 2. The Kier molecular flexibility index (Phi) is 43.8.